The third kappa shape index (κ3) is 5.74. The number of hydrogen-bond donors (Lipinski definition) is 1. The van der Waals surface area contributed by atoms with Crippen LogP contribution in [0.2, 0.25) is 0 Å². The molecular weight excluding hydrogens is 559 g/mol. The molecule has 39 heavy (non-hydrogen) atoms. The summed E-state index contributed by atoms with van der Waals surface area (Å²) in [5.74, 6) is -0.361. The van der Waals surface area contributed by atoms with Crippen LogP contribution < -0.4 is 5.32 Å². The van der Waals surface area contributed by atoms with Crippen molar-refractivity contribution in [3.8, 4) is 16.9 Å². The van der Waals surface area contributed by atoms with E-state index in [0.29, 0.717) is 5.16 Å². The molecule has 0 radical (unpaired) electrons. The highest BCUT2D eigenvalue weighted by Gasteiger charge is 2.23. The van der Waals surface area contributed by atoms with Crippen molar-refractivity contribution in [1.29, 1.82) is 0 Å². The van der Waals surface area contributed by atoms with Gasteiger partial charge in [-0.25, -0.2) is 18.4 Å². The number of nitrogens with zero attached hydrogens (tertiary/aromatic N) is 4. The largest absolute Gasteiger partial charge is 0.301 e. The second kappa shape index (κ2) is 11.2. The van der Waals surface area contributed by atoms with Crippen LogP contribution in [0.5, 0.6) is 0 Å². The maximum absolute atomic E-state index is 12.9. The molecule has 0 atom stereocenters. The minimum atomic E-state index is -3.95. The van der Waals surface area contributed by atoms with Gasteiger partial charge >= 0.3 is 0 Å². The van der Waals surface area contributed by atoms with E-state index >= 15 is 0 Å². The summed E-state index contributed by atoms with van der Waals surface area (Å²) < 4.78 is 27.7. The number of hydrogen-bond acceptors (Lipinski definition) is 9. The Bertz CT molecular complexity index is 1740. The van der Waals surface area contributed by atoms with Gasteiger partial charge in [-0.1, -0.05) is 71.6 Å². The number of carbonyl (C=O) groups is 1. The van der Waals surface area contributed by atoms with E-state index in [1.807, 2.05) is 65.2 Å². The van der Waals surface area contributed by atoms with Gasteiger partial charge in [0.05, 0.1) is 33.7 Å². The topological polar surface area (TPSA) is 137 Å². The Morgan fingerprint density at radius 1 is 0.949 bits per heavy atom. The number of nitro benzene ring substituents is 1. The number of para-hydroxylation sites is 1. The standard InChI is InChI=1S/C26H19N5O5S3/c32-23(29-25-27-16-24(38-25)39(35,36)21-13-11-20(12-14-21)31(33)34)17-37-26-28-15-22(18-7-3-1-4-8-18)30(26)19-9-5-2-6-10-19/h1-16H,17H2,(H,27,29,32). The number of anilines is 1. The Hall–Kier alpha value is -4.33. The predicted octanol–water partition coefficient (Wildman–Crippen LogP) is 5.47. The zero-order valence-corrected chi connectivity index (χ0v) is 22.4. The molecule has 0 saturated carbocycles. The summed E-state index contributed by atoms with van der Waals surface area (Å²) >= 11 is 2.04. The van der Waals surface area contributed by atoms with E-state index in [-0.39, 0.29) is 31.6 Å². The maximum Gasteiger partial charge on any atom is 0.269 e. The van der Waals surface area contributed by atoms with E-state index in [1.165, 1.54) is 23.9 Å². The molecule has 0 bridgehead atoms. The fourth-order valence-electron chi connectivity index (χ4n) is 3.67. The van der Waals surface area contributed by atoms with Crippen LogP contribution in [0, 0.1) is 10.1 Å². The van der Waals surface area contributed by atoms with Crippen molar-refractivity contribution >= 4 is 49.7 Å². The molecular formula is C26H19N5O5S3. The first kappa shape index (κ1) is 26.3. The minimum Gasteiger partial charge on any atom is -0.301 e. The molecule has 0 aliphatic rings. The molecule has 5 aromatic rings. The molecule has 10 nitrogen and oxygen atoms in total. The van der Waals surface area contributed by atoms with Crippen molar-refractivity contribution in [3.63, 3.8) is 0 Å². The summed E-state index contributed by atoms with van der Waals surface area (Å²) in [5, 5.41) is 14.2. The summed E-state index contributed by atoms with van der Waals surface area (Å²) in [4.78, 5) is 31.4. The Morgan fingerprint density at radius 2 is 1.62 bits per heavy atom. The zero-order chi connectivity index (χ0) is 27.4. The Labute approximate surface area is 231 Å². The number of imidazole rings is 1. The van der Waals surface area contributed by atoms with E-state index in [0.717, 1.165) is 46.6 Å². The average Bonchev–Trinajstić information content (AvgIpc) is 3.61. The van der Waals surface area contributed by atoms with E-state index in [1.54, 1.807) is 6.20 Å². The molecule has 1 N–H and O–H groups in total. The molecule has 196 valence electrons. The third-order valence-electron chi connectivity index (χ3n) is 5.50. The SMILES string of the molecule is O=C(CSc1ncc(-c2ccccc2)n1-c1ccccc1)Nc1ncc(S(=O)(=O)c2ccc([N+](=O)[O-])cc2)s1. The lowest BCUT2D eigenvalue weighted by molar-refractivity contribution is -0.384. The number of sulfone groups is 1. The lowest BCUT2D eigenvalue weighted by Gasteiger charge is -2.12. The lowest BCUT2D eigenvalue weighted by Crippen LogP contribution is -2.14. The van der Waals surface area contributed by atoms with Crippen LogP contribution in [0.4, 0.5) is 10.8 Å². The van der Waals surface area contributed by atoms with Crippen LogP contribution >= 0.6 is 23.1 Å². The Morgan fingerprint density at radius 3 is 2.28 bits per heavy atom. The minimum absolute atomic E-state index is 0.0160. The molecule has 13 heteroatoms. The van der Waals surface area contributed by atoms with Gasteiger partial charge in [0.25, 0.3) is 5.69 Å². The Kier molecular flexibility index (Phi) is 7.54. The van der Waals surface area contributed by atoms with Crippen LogP contribution in [0.15, 0.2) is 112 Å². The second-order valence-corrected chi connectivity index (χ2v) is 12.2. The summed E-state index contributed by atoms with van der Waals surface area (Å²) in [5.41, 5.74) is 2.55. The number of thiazole rings is 1. The molecule has 0 aliphatic heterocycles. The van der Waals surface area contributed by atoms with Crippen molar-refractivity contribution in [1.82, 2.24) is 14.5 Å². The van der Waals surface area contributed by atoms with Crippen molar-refractivity contribution in [2.24, 2.45) is 0 Å². The van der Waals surface area contributed by atoms with E-state index in [4.69, 9.17) is 0 Å². The smallest absolute Gasteiger partial charge is 0.269 e. The number of thioether (sulfide) groups is 1. The third-order valence-corrected chi connectivity index (χ3v) is 9.60. The molecule has 0 unspecified atom stereocenters. The van der Waals surface area contributed by atoms with Crippen molar-refractivity contribution in [2.75, 3.05) is 11.1 Å². The van der Waals surface area contributed by atoms with Gasteiger partial charge in [-0.05, 0) is 24.3 Å². The van der Waals surface area contributed by atoms with Crippen molar-refractivity contribution < 1.29 is 18.1 Å². The molecule has 0 aliphatic carbocycles. The normalized spacial score (nSPS) is 11.3. The number of amides is 1. The van der Waals surface area contributed by atoms with Crippen LogP contribution in [0.3, 0.4) is 0 Å². The highest BCUT2D eigenvalue weighted by Crippen LogP contribution is 2.31. The first-order valence-electron chi connectivity index (χ1n) is 11.4. The number of nitrogens with one attached hydrogen (secondary N) is 1. The fourth-order valence-corrected chi connectivity index (χ4v) is 6.91. The van der Waals surface area contributed by atoms with Gasteiger partial charge in [0.2, 0.25) is 15.7 Å². The monoisotopic (exact) mass is 577 g/mol. The highest BCUT2D eigenvalue weighted by molar-refractivity contribution is 7.99. The number of non-ortho nitro benzene ring substituents is 1. The van der Waals surface area contributed by atoms with Crippen LogP contribution in [-0.4, -0.2) is 39.5 Å². The predicted molar refractivity (Wildman–Crippen MR) is 149 cm³/mol. The molecule has 1 amide bonds. The van der Waals surface area contributed by atoms with Gasteiger partial charge in [-0.3, -0.25) is 19.5 Å². The van der Waals surface area contributed by atoms with Gasteiger partial charge in [0.1, 0.15) is 4.21 Å². The molecule has 2 aromatic heterocycles. The fraction of sp³-hybridized carbons (Fsp3) is 0.0385. The van der Waals surface area contributed by atoms with E-state index in [9.17, 15) is 23.3 Å². The maximum atomic E-state index is 12.9. The average molecular weight is 578 g/mol. The number of aromatic nitrogens is 3. The zero-order valence-electron chi connectivity index (χ0n) is 20.0. The van der Waals surface area contributed by atoms with Crippen LogP contribution in [0.25, 0.3) is 16.9 Å². The molecule has 0 saturated heterocycles. The molecule has 2 heterocycles. The lowest BCUT2D eigenvalue weighted by atomic mass is 10.1. The summed E-state index contributed by atoms with van der Waals surface area (Å²) in [7, 11) is -3.95. The number of nitro groups is 1. The highest BCUT2D eigenvalue weighted by atomic mass is 32.2. The van der Waals surface area contributed by atoms with Crippen LogP contribution in [-0.2, 0) is 14.6 Å². The van der Waals surface area contributed by atoms with Gasteiger partial charge in [0, 0.05) is 23.4 Å². The van der Waals surface area contributed by atoms with E-state index in [2.05, 4.69) is 15.3 Å². The van der Waals surface area contributed by atoms with Crippen molar-refractivity contribution in [2.45, 2.75) is 14.3 Å². The molecule has 0 spiro atoms. The first-order chi connectivity index (χ1) is 18.8. The number of benzene rings is 3. The van der Waals surface area contributed by atoms with Crippen molar-refractivity contribution in [3.05, 3.63) is 107 Å². The quantitative estimate of drug-likeness (QED) is 0.138. The summed E-state index contributed by atoms with van der Waals surface area (Å²) in [6.45, 7) is 0. The second-order valence-electron chi connectivity index (χ2n) is 8.04. The van der Waals surface area contributed by atoms with Gasteiger partial charge in [-0.2, -0.15) is 0 Å². The van der Waals surface area contributed by atoms with Crippen LogP contribution in [0.1, 0.15) is 0 Å². The number of carbonyl (C=O) groups excluding carboxylic acids is 1. The van der Waals surface area contributed by atoms with Gasteiger partial charge < -0.3 is 5.32 Å². The van der Waals surface area contributed by atoms with Gasteiger partial charge in [0.15, 0.2) is 10.3 Å². The molecule has 0 fully saturated rings. The Balaban J connectivity index is 1.30. The molecule has 5 rings (SSSR count). The van der Waals surface area contributed by atoms with Gasteiger partial charge in [-0.15, -0.1) is 0 Å². The summed E-state index contributed by atoms with van der Waals surface area (Å²) in [6.07, 6.45) is 2.91. The van der Waals surface area contributed by atoms with E-state index < -0.39 is 14.8 Å². The first-order valence-corrected chi connectivity index (χ1v) is 14.7. The summed E-state index contributed by atoms with van der Waals surface area (Å²) in [6, 6.07) is 24.1. The number of rotatable bonds is 9. The molecule has 3 aromatic carbocycles.